The molecule has 0 atom stereocenters. The lowest BCUT2D eigenvalue weighted by molar-refractivity contribution is -0.121. The predicted molar refractivity (Wildman–Crippen MR) is 171 cm³/mol. The van der Waals surface area contributed by atoms with Gasteiger partial charge >= 0.3 is 0 Å². The number of aromatic nitrogens is 3. The SMILES string of the molecule is CC.N#CB1Cc2cc(CNC(=O)Cn3c(-c4ccccc4)cnc(NCC4(c5ccc(Cl)cc5)CC4)c3=O)cnc2C1. The van der Waals surface area contributed by atoms with Gasteiger partial charge in [-0.1, -0.05) is 74.0 Å². The highest BCUT2D eigenvalue weighted by Gasteiger charge is 2.44. The molecule has 1 aliphatic carbocycles. The van der Waals surface area contributed by atoms with Gasteiger partial charge in [-0.25, -0.2) is 10.2 Å². The molecule has 43 heavy (non-hydrogen) atoms. The lowest BCUT2D eigenvalue weighted by Crippen LogP contribution is -2.35. The van der Waals surface area contributed by atoms with E-state index in [-0.39, 0.29) is 42.5 Å². The van der Waals surface area contributed by atoms with Crippen LogP contribution in [0.4, 0.5) is 5.82 Å². The molecule has 2 N–H and O–H groups in total. The Bertz CT molecular complexity index is 1700. The second-order valence-corrected chi connectivity index (χ2v) is 11.3. The maximum atomic E-state index is 13.7. The van der Waals surface area contributed by atoms with Crippen molar-refractivity contribution in [1.29, 1.82) is 5.26 Å². The summed E-state index contributed by atoms with van der Waals surface area (Å²) in [4.78, 5) is 35.8. The molecule has 2 aliphatic rings. The van der Waals surface area contributed by atoms with Crippen molar-refractivity contribution >= 4 is 30.0 Å². The molecular formula is C33H34BClN6O2. The molecule has 0 unspecified atom stereocenters. The van der Waals surface area contributed by atoms with Gasteiger partial charge in [0, 0.05) is 41.4 Å². The Morgan fingerprint density at radius 3 is 2.51 bits per heavy atom. The first-order valence-corrected chi connectivity index (χ1v) is 15.1. The van der Waals surface area contributed by atoms with Gasteiger partial charge in [0.25, 0.3) is 12.3 Å². The number of anilines is 1. The molecule has 218 valence electrons. The summed E-state index contributed by atoms with van der Waals surface area (Å²) in [6.45, 7) is 4.65. The number of carbonyl (C=O) groups excluding carboxylic acids is 1. The van der Waals surface area contributed by atoms with Gasteiger partial charge in [-0.3, -0.25) is 19.1 Å². The highest BCUT2D eigenvalue weighted by Crippen LogP contribution is 2.48. The molecule has 2 aromatic heterocycles. The second-order valence-electron chi connectivity index (χ2n) is 10.9. The van der Waals surface area contributed by atoms with Crippen LogP contribution < -0.4 is 16.2 Å². The maximum Gasteiger partial charge on any atom is 0.294 e. The van der Waals surface area contributed by atoms with Gasteiger partial charge in [0.1, 0.15) is 6.54 Å². The number of benzene rings is 2. The first-order chi connectivity index (χ1) is 20.9. The number of pyridine rings is 1. The molecule has 10 heteroatoms. The Hall–Kier alpha value is -4.42. The topological polar surface area (TPSA) is 113 Å². The quantitative estimate of drug-likeness (QED) is 0.259. The molecule has 0 radical (unpaired) electrons. The Balaban J connectivity index is 0.00000180. The summed E-state index contributed by atoms with van der Waals surface area (Å²) in [6.07, 6.45) is 6.75. The number of hydrogen-bond acceptors (Lipinski definition) is 6. The fourth-order valence-electron chi connectivity index (χ4n) is 5.49. The van der Waals surface area contributed by atoms with Gasteiger partial charge in [-0.2, -0.15) is 0 Å². The molecule has 0 spiro atoms. The smallest absolute Gasteiger partial charge is 0.294 e. The van der Waals surface area contributed by atoms with Gasteiger partial charge in [0.15, 0.2) is 5.82 Å². The van der Waals surface area contributed by atoms with Crippen molar-refractivity contribution in [2.24, 2.45) is 0 Å². The molecule has 8 nitrogen and oxygen atoms in total. The maximum absolute atomic E-state index is 13.7. The predicted octanol–water partition coefficient (Wildman–Crippen LogP) is 5.18. The Labute approximate surface area is 257 Å². The Morgan fingerprint density at radius 2 is 1.81 bits per heavy atom. The van der Waals surface area contributed by atoms with Crippen molar-refractivity contribution in [3.05, 3.63) is 111 Å². The first-order valence-electron chi connectivity index (χ1n) is 14.7. The summed E-state index contributed by atoms with van der Waals surface area (Å²) < 4.78 is 1.47. The Morgan fingerprint density at radius 1 is 1.07 bits per heavy atom. The van der Waals surface area contributed by atoms with Gasteiger partial charge < -0.3 is 10.6 Å². The average molecular weight is 593 g/mol. The minimum atomic E-state index is -0.352. The van der Waals surface area contributed by atoms with E-state index in [1.807, 2.05) is 74.5 Å². The zero-order chi connectivity index (χ0) is 30.4. The van der Waals surface area contributed by atoms with Crippen LogP contribution >= 0.6 is 11.6 Å². The fraction of sp³-hybridized carbons (Fsp3) is 0.303. The third-order valence-electron chi connectivity index (χ3n) is 8.02. The number of halogens is 1. The van der Waals surface area contributed by atoms with Crippen LogP contribution in [0.25, 0.3) is 11.3 Å². The van der Waals surface area contributed by atoms with Crippen molar-refractivity contribution in [2.45, 2.75) is 57.8 Å². The van der Waals surface area contributed by atoms with Crippen LogP contribution in [0.15, 0.2) is 77.9 Å². The van der Waals surface area contributed by atoms with Crippen LogP contribution in [0.1, 0.15) is 49.1 Å². The van der Waals surface area contributed by atoms with Gasteiger partial charge in [-0.05, 0) is 59.9 Å². The molecule has 4 aromatic rings. The standard InChI is InChI=1S/C31H28BClN6O2.C2H6/c33-25-8-6-24(7-9-25)31(10-11-31)19-38-29-30(41)39(27(17-37-29)22-4-2-1-3-5-22)18-28(40)36-16-21-12-23-13-32(20-34)14-26(23)35-15-21;1-2/h1-9,12,15,17H,10-11,13-14,16,18-19H2,(H,36,40)(H,37,38);1-2H3. The lowest BCUT2D eigenvalue weighted by atomic mass is 9.49. The highest BCUT2D eigenvalue weighted by molar-refractivity contribution is 6.66. The van der Waals surface area contributed by atoms with E-state index < -0.39 is 0 Å². The van der Waals surface area contributed by atoms with Crippen molar-refractivity contribution in [3.63, 3.8) is 0 Å². The van der Waals surface area contributed by atoms with E-state index in [4.69, 9.17) is 11.6 Å². The number of nitrogens with one attached hydrogen (secondary N) is 2. The van der Waals surface area contributed by atoms with Gasteiger partial charge in [-0.15, -0.1) is 0 Å². The van der Waals surface area contributed by atoms with Crippen LogP contribution in [-0.2, 0) is 35.9 Å². The lowest BCUT2D eigenvalue weighted by Gasteiger charge is -2.19. The summed E-state index contributed by atoms with van der Waals surface area (Å²) in [5, 5.41) is 16.1. The van der Waals surface area contributed by atoms with Crippen LogP contribution in [-0.4, -0.2) is 33.7 Å². The molecule has 1 saturated carbocycles. The average Bonchev–Trinajstić information content (AvgIpc) is 3.72. The molecule has 6 rings (SSSR count). The minimum absolute atomic E-state index is 0.0406. The zero-order valence-corrected chi connectivity index (χ0v) is 25.2. The summed E-state index contributed by atoms with van der Waals surface area (Å²) in [6, 6.07) is 19.3. The van der Waals surface area contributed by atoms with Crippen molar-refractivity contribution in [3.8, 4) is 17.2 Å². The molecular weight excluding hydrogens is 559 g/mol. The van der Waals surface area contributed by atoms with Crippen molar-refractivity contribution in [1.82, 2.24) is 19.9 Å². The normalized spacial score (nSPS) is 14.1. The molecule has 0 bridgehead atoms. The number of rotatable bonds is 9. The van der Waals surface area contributed by atoms with Crippen LogP contribution in [0, 0.1) is 11.2 Å². The molecule has 2 aromatic carbocycles. The van der Waals surface area contributed by atoms with E-state index in [9.17, 15) is 14.9 Å². The van der Waals surface area contributed by atoms with Crippen molar-refractivity contribution in [2.75, 3.05) is 11.9 Å². The number of fused-ring (bicyclic) bond motifs is 1. The summed E-state index contributed by atoms with van der Waals surface area (Å²) in [5.74, 6) is 2.23. The highest BCUT2D eigenvalue weighted by atomic mass is 35.5. The van der Waals surface area contributed by atoms with Crippen LogP contribution in [0.5, 0.6) is 0 Å². The molecule has 0 saturated heterocycles. The third kappa shape index (κ3) is 6.81. The number of nitrogens with zero attached hydrogens (tertiary/aromatic N) is 4. The Kier molecular flexibility index (Phi) is 9.27. The fourth-order valence-corrected chi connectivity index (χ4v) is 5.61. The number of nitriles is 1. The third-order valence-corrected chi connectivity index (χ3v) is 8.28. The van der Waals surface area contributed by atoms with E-state index in [2.05, 4.69) is 26.6 Å². The molecule has 1 aliphatic heterocycles. The second kappa shape index (κ2) is 13.3. The molecule has 1 fully saturated rings. The van der Waals surface area contributed by atoms with E-state index >= 15 is 0 Å². The van der Waals surface area contributed by atoms with Gasteiger partial charge in [0.05, 0.1) is 11.9 Å². The van der Waals surface area contributed by atoms with Crippen LogP contribution in [0.2, 0.25) is 5.02 Å². The van der Waals surface area contributed by atoms with Crippen LogP contribution in [0.3, 0.4) is 0 Å². The van der Waals surface area contributed by atoms with Gasteiger partial charge in [0.2, 0.25) is 5.91 Å². The van der Waals surface area contributed by atoms with E-state index in [1.54, 1.807) is 12.4 Å². The monoisotopic (exact) mass is 592 g/mol. The minimum Gasteiger partial charge on any atom is -0.365 e. The van der Waals surface area contributed by atoms with E-state index in [0.29, 0.717) is 29.9 Å². The summed E-state index contributed by atoms with van der Waals surface area (Å²) in [7, 11) is 0. The zero-order valence-electron chi connectivity index (χ0n) is 24.4. The molecule has 1 amide bonds. The number of carbonyl (C=O) groups is 1. The molecule has 3 heterocycles. The van der Waals surface area contributed by atoms with E-state index in [0.717, 1.165) is 35.2 Å². The number of amides is 1. The largest absolute Gasteiger partial charge is 0.365 e. The van der Waals surface area contributed by atoms with E-state index in [1.165, 1.54) is 10.1 Å². The summed E-state index contributed by atoms with van der Waals surface area (Å²) >= 11 is 6.07. The first kappa shape index (κ1) is 30.1. The number of hydrogen-bond donors (Lipinski definition) is 2. The van der Waals surface area contributed by atoms with Crippen molar-refractivity contribution < 1.29 is 4.79 Å². The summed E-state index contributed by atoms with van der Waals surface area (Å²) in [5.41, 5.74) is 5.00.